The minimum absolute atomic E-state index is 0.200. The molecule has 2 aliphatic rings. The van der Waals surface area contributed by atoms with E-state index in [2.05, 4.69) is 4.98 Å². The first-order valence-corrected chi connectivity index (χ1v) is 9.99. The Morgan fingerprint density at radius 3 is 2.37 bits per heavy atom. The second-order valence-corrected chi connectivity index (χ2v) is 7.67. The summed E-state index contributed by atoms with van der Waals surface area (Å²) < 4.78 is 37.9. The van der Waals surface area contributed by atoms with Crippen LogP contribution in [0.2, 0.25) is 0 Å². The molecule has 150 valence electrons. The number of aromatic nitrogens is 1. The highest BCUT2D eigenvalue weighted by Gasteiger charge is 2.31. The van der Waals surface area contributed by atoms with E-state index in [1.807, 2.05) is 9.80 Å². The molecule has 0 atom stereocenters. The Kier molecular flexibility index (Phi) is 6.60. The molecule has 4 nitrogen and oxygen atoms in total. The van der Waals surface area contributed by atoms with Crippen molar-refractivity contribution < 1.29 is 18.0 Å². The van der Waals surface area contributed by atoms with E-state index in [1.54, 1.807) is 0 Å². The van der Waals surface area contributed by atoms with E-state index in [4.69, 9.17) is 0 Å². The lowest BCUT2D eigenvalue weighted by Crippen LogP contribution is -2.49. The predicted molar refractivity (Wildman–Crippen MR) is 98.5 cm³/mol. The number of halogens is 3. The van der Waals surface area contributed by atoms with Gasteiger partial charge < -0.3 is 9.80 Å². The van der Waals surface area contributed by atoms with Crippen LogP contribution in [0.1, 0.15) is 56.9 Å². The maximum atomic E-state index is 12.6. The van der Waals surface area contributed by atoms with Crippen molar-refractivity contribution in [1.29, 1.82) is 0 Å². The van der Waals surface area contributed by atoms with E-state index in [9.17, 15) is 18.0 Å². The van der Waals surface area contributed by atoms with Gasteiger partial charge in [0.05, 0.1) is 5.56 Å². The molecular formula is C20H28F3N3O. The average molecular weight is 383 g/mol. The van der Waals surface area contributed by atoms with Crippen molar-refractivity contribution in [1.82, 2.24) is 9.88 Å². The summed E-state index contributed by atoms with van der Waals surface area (Å²) in [5, 5.41) is 0. The van der Waals surface area contributed by atoms with Crippen LogP contribution < -0.4 is 4.90 Å². The molecule has 1 saturated carbocycles. The molecule has 1 amide bonds. The highest BCUT2D eigenvalue weighted by Crippen LogP contribution is 2.30. The molecule has 0 N–H and O–H groups in total. The highest BCUT2D eigenvalue weighted by molar-refractivity contribution is 5.76. The third-order valence-corrected chi connectivity index (χ3v) is 5.76. The number of rotatable bonds is 5. The number of piperazine rings is 1. The lowest BCUT2D eigenvalue weighted by molar-refractivity contribution is -0.138. The summed E-state index contributed by atoms with van der Waals surface area (Å²) in [5.41, 5.74) is -0.738. The van der Waals surface area contributed by atoms with E-state index in [-0.39, 0.29) is 5.91 Å². The number of alkyl halides is 3. The standard InChI is InChI=1S/C20H28F3N3O/c21-20(22,23)17-9-10-18(24-15-17)25-11-13-26(14-12-25)19(27)8-4-7-16-5-2-1-3-6-16/h9-10,15-16H,1-8,11-14H2. The fraction of sp³-hybridized carbons (Fsp3) is 0.700. The number of hydrogen-bond acceptors (Lipinski definition) is 3. The van der Waals surface area contributed by atoms with Crippen LogP contribution in [0.25, 0.3) is 0 Å². The van der Waals surface area contributed by atoms with Gasteiger partial charge in [-0.05, 0) is 30.9 Å². The molecule has 1 aliphatic heterocycles. The summed E-state index contributed by atoms with van der Waals surface area (Å²) in [4.78, 5) is 20.2. The molecule has 27 heavy (non-hydrogen) atoms. The first-order chi connectivity index (χ1) is 12.9. The van der Waals surface area contributed by atoms with Gasteiger partial charge >= 0.3 is 6.18 Å². The molecule has 3 rings (SSSR count). The number of carbonyl (C=O) groups is 1. The maximum absolute atomic E-state index is 12.6. The third-order valence-electron chi connectivity index (χ3n) is 5.76. The number of hydrogen-bond donors (Lipinski definition) is 0. The minimum Gasteiger partial charge on any atom is -0.353 e. The lowest BCUT2D eigenvalue weighted by atomic mass is 9.86. The first kappa shape index (κ1) is 20.0. The summed E-state index contributed by atoms with van der Waals surface area (Å²) in [6.45, 7) is 2.41. The van der Waals surface area contributed by atoms with Crippen molar-refractivity contribution in [3.05, 3.63) is 23.9 Å². The van der Waals surface area contributed by atoms with Gasteiger partial charge in [-0.2, -0.15) is 13.2 Å². The van der Waals surface area contributed by atoms with Crippen LogP contribution in [-0.4, -0.2) is 42.0 Å². The van der Waals surface area contributed by atoms with Crippen molar-refractivity contribution in [2.45, 2.75) is 57.5 Å². The fourth-order valence-electron chi connectivity index (χ4n) is 4.10. The van der Waals surface area contributed by atoms with Gasteiger partial charge in [-0.15, -0.1) is 0 Å². The van der Waals surface area contributed by atoms with E-state index >= 15 is 0 Å². The van der Waals surface area contributed by atoms with Crippen LogP contribution in [0, 0.1) is 5.92 Å². The fourth-order valence-corrected chi connectivity index (χ4v) is 4.10. The minimum atomic E-state index is -4.37. The zero-order valence-corrected chi connectivity index (χ0v) is 15.7. The SMILES string of the molecule is O=C(CCCC1CCCCC1)N1CCN(c2ccc(C(F)(F)F)cn2)CC1. The van der Waals surface area contributed by atoms with Crippen LogP contribution in [0.5, 0.6) is 0 Å². The molecule has 2 fully saturated rings. The van der Waals surface area contributed by atoms with Gasteiger partial charge in [0, 0.05) is 38.8 Å². The molecule has 1 saturated heterocycles. The van der Waals surface area contributed by atoms with Crippen LogP contribution in [0.4, 0.5) is 19.0 Å². The van der Waals surface area contributed by atoms with Crippen LogP contribution >= 0.6 is 0 Å². The molecule has 0 radical (unpaired) electrons. The van der Waals surface area contributed by atoms with E-state index in [0.717, 1.165) is 31.0 Å². The van der Waals surface area contributed by atoms with Gasteiger partial charge in [-0.25, -0.2) is 4.98 Å². The zero-order valence-electron chi connectivity index (χ0n) is 15.7. The van der Waals surface area contributed by atoms with Crippen molar-refractivity contribution >= 4 is 11.7 Å². The molecule has 2 heterocycles. The molecule has 7 heteroatoms. The first-order valence-electron chi connectivity index (χ1n) is 9.99. The Hall–Kier alpha value is -1.79. The molecule has 0 spiro atoms. The van der Waals surface area contributed by atoms with Crippen molar-refractivity contribution in [2.24, 2.45) is 5.92 Å². The molecule has 1 aliphatic carbocycles. The number of amides is 1. The highest BCUT2D eigenvalue weighted by atomic mass is 19.4. The summed E-state index contributed by atoms with van der Waals surface area (Å²) >= 11 is 0. The summed E-state index contributed by atoms with van der Waals surface area (Å²) in [6, 6.07) is 2.47. The summed E-state index contributed by atoms with van der Waals surface area (Å²) in [5.74, 6) is 1.53. The topological polar surface area (TPSA) is 36.4 Å². The second-order valence-electron chi connectivity index (χ2n) is 7.67. The van der Waals surface area contributed by atoms with E-state index < -0.39 is 11.7 Å². The molecule has 0 aromatic carbocycles. The molecule has 1 aromatic heterocycles. The van der Waals surface area contributed by atoms with Crippen LogP contribution in [0.15, 0.2) is 18.3 Å². The number of anilines is 1. The second kappa shape index (κ2) is 8.93. The molecule has 0 bridgehead atoms. The molecular weight excluding hydrogens is 355 g/mol. The van der Waals surface area contributed by atoms with Gasteiger partial charge in [-0.3, -0.25) is 4.79 Å². The van der Waals surface area contributed by atoms with Crippen molar-refractivity contribution in [3.8, 4) is 0 Å². The third kappa shape index (κ3) is 5.59. The monoisotopic (exact) mass is 383 g/mol. The van der Waals surface area contributed by atoms with E-state index in [0.29, 0.717) is 38.4 Å². The molecule has 1 aromatic rings. The Morgan fingerprint density at radius 2 is 1.78 bits per heavy atom. The normalized spacial score (nSPS) is 19.4. The van der Waals surface area contributed by atoms with Gasteiger partial charge in [0.2, 0.25) is 5.91 Å². The number of nitrogens with zero attached hydrogens (tertiary/aromatic N) is 3. The quantitative estimate of drug-likeness (QED) is 0.751. The lowest BCUT2D eigenvalue weighted by Gasteiger charge is -2.35. The number of carbonyl (C=O) groups excluding carboxylic acids is 1. The van der Waals surface area contributed by atoms with Gasteiger partial charge in [0.25, 0.3) is 0 Å². The van der Waals surface area contributed by atoms with Crippen molar-refractivity contribution in [2.75, 3.05) is 31.1 Å². The van der Waals surface area contributed by atoms with Crippen LogP contribution in [0.3, 0.4) is 0 Å². The Bertz CT molecular complexity index is 604. The maximum Gasteiger partial charge on any atom is 0.417 e. The largest absolute Gasteiger partial charge is 0.417 e. The summed E-state index contributed by atoms with van der Waals surface area (Å²) in [6.07, 6.45) is 5.87. The smallest absolute Gasteiger partial charge is 0.353 e. The van der Waals surface area contributed by atoms with Gasteiger partial charge in [0.15, 0.2) is 0 Å². The van der Waals surface area contributed by atoms with Gasteiger partial charge in [-0.1, -0.05) is 32.1 Å². The van der Waals surface area contributed by atoms with Crippen LogP contribution in [-0.2, 0) is 11.0 Å². The van der Waals surface area contributed by atoms with E-state index in [1.165, 1.54) is 38.2 Å². The predicted octanol–water partition coefficient (Wildman–Crippen LogP) is 4.50. The average Bonchev–Trinajstić information content (AvgIpc) is 2.68. The Balaban J connectivity index is 1.40. The molecule has 0 unspecified atom stereocenters. The Labute approximate surface area is 158 Å². The van der Waals surface area contributed by atoms with Crippen molar-refractivity contribution in [3.63, 3.8) is 0 Å². The Morgan fingerprint density at radius 1 is 1.07 bits per heavy atom. The van der Waals surface area contributed by atoms with Gasteiger partial charge in [0.1, 0.15) is 5.82 Å². The summed E-state index contributed by atoms with van der Waals surface area (Å²) in [7, 11) is 0. The zero-order chi connectivity index (χ0) is 19.3. The number of pyridine rings is 1.